The molecule has 0 aromatic heterocycles. The molecule has 1 aromatic rings. The Morgan fingerprint density at radius 1 is 1.40 bits per heavy atom. The molecule has 1 aliphatic rings. The van der Waals surface area contributed by atoms with Crippen LogP contribution < -0.4 is 5.73 Å². The third-order valence-electron chi connectivity index (χ3n) is 4.01. The normalized spacial score (nSPS) is 21.4. The van der Waals surface area contributed by atoms with E-state index in [-0.39, 0.29) is 5.97 Å². The first-order valence-electron chi connectivity index (χ1n) is 7.32. The van der Waals surface area contributed by atoms with Gasteiger partial charge in [0.1, 0.15) is 6.04 Å². The lowest BCUT2D eigenvalue weighted by Gasteiger charge is -2.36. The van der Waals surface area contributed by atoms with Crippen molar-refractivity contribution >= 4 is 5.97 Å². The van der Waals surface area contributed by atoms with E-state index in [0.717, 1.165) is 19.5 Å². The summed E-state index contributed by atoms with van der Waals surface area (Å²) in [4.78, 5) is 13.9. The van der Waals surface area contributed by atoms with Crippen molar-refractivity contribution in [1.29, 1.82) is 0 Å². The number of ether oxygens (including phenoxy) is 1. The Labute approximate surface area is 120 Å². The number of benzene rings is 1. The monoisotopic (exact) mass is 276 g/mol. The molecule has 1 aliphatic heterocycles. The third kappa shape index (κ3) is 4.05. The van der Waals surface area contributed by atoms with E-state index in [9.17, 15) is 4.79 Å². The first-order valence-corrected chi connectivity index (χ1v) is 7.32. The highest BCUT2D eigenvalue weighted by molar-refractivity contribution is 5.75. The van der Waals surface area contributed by atoms with E-state index in [0.29, 0.717) is 12.5 Å². The topological polar surface area (TPSA) is 55.6 Å². The minimum atomic E-state index is -0.513. The molecule has 2 N–H and O–H groups in total. The summed E-state index contributed by atoms with van der Waals surface area (Å²) in [6.45, 7) is 2.01. The number of piperidine rings is 1. The fourth-order valence-corrected chi connectivity index (χ4v) is 2.89. The molecule has 0 radical (unpaired) electrons. The number of hydrogen-bond acceptors (Lipinski definition) is 4. The molecule has 110 valence electrons. The molecule has 0 amide bonds. The highest BCUT2D eigenvalue weighted by Crippen LogP contribution is 2.22. The number of methoxy groups -OCH3 is 1. The summed E-state index contributed by atoms with van der Waals surface area (Å²) < 4.78 is 4.72. The van der Waals surface area contributed by atoms with Crippen LogP contribution in [0.15, 0.2) is 30.3 Å². The molecule has 0 bridgehead atoms. The van der Waals surface area contributed by atoms with Crippen LogP contribution in [0.2, 0.25) is 0 Å². The Bertz CT molecular complexity index is 422. The van der Waals surface area contributed by atoms with Crippen molar-refractivity contribution in [1.82, 2.24) is 4.90 Å². The molecule has 20 heavy (non-hydrogen) atoms. The van der Waals surface area contributed by atoms with Gasteiger partial charge in [0.2, 0.25) is 0 Å². The Kier molecular flexibility index (Phi) is 5.56. The van der Waals surface area contributed by atoms with Crippen LogP contribution in [-0.2, 0) is 16.1 Å². The van der Waals surface area contributed by atoms with E-state index in [1.54, 1.807) is 0 Å². The SMILES string of the molecule is COC(=O)C(N)CC1CCCCN1Cc1ccccc1. The Balaban J connectivity index is 1.96. The molecule has 4 heteroatoms. The van der Waals surface area contributed by atoms with Crippen molar-refractivity contribution in [3.8, 4) is 0 Å². The first kappa shape index (κ1) is 15.0. The second-order valence-electron chi connectivity index (χ2n) is 5.47. The van der Waals surface area contributed by atoms with Crippen LogP contribution in [0.25, 0.3) is 0 Å². The summed E-state index contributed by atoms with van der Waals surface area (Å²) in [6.07, 6.45) is 4.22. The van der Waals surface area contributed by atoms with Gasteiger partial charge in [-0.3, -0.25) is 9.69 Å². The van der Waals surface area contributed by atoms with Crippen LogP contribution in [0, 0.1) is 0 Å². The molecule has 4 nitrogen and oxygen atoms in total. The fourth-order valence-electron chi connectivity index (χ4n) is 2.89. The van der Waals surface area contributed by atoms with Crippen LogP contribution in [0.5, 0.6) is 0 Å². The number of rotatable bonds is 5. The maximum absolute atomic E-state index is 11.5. The number of carbonyl (C=O) groups excluding carboxylic acids is 1. The maximum atomic E-state index is 11.5. The zero-order valence-electron chi connectivity index (χ0n) is 12.1. The highest BCUT2D eigenvalue weighted by Gasteiger charge is 2.27. The molecule has 0 spiro atoms. The minimum absolute atomic E-state index is 0.310. The molecule has 2 rings (SSSR count). The van der Waals surface area contributed by atoms with Crippen molar-refractivity contribution in [3.63, 3.8) is 0 Å². The molecule has 1 heterocycles. The minimum Gasteiger partial charge on any atom is -0.468 e. The maximum Gasteiger partial charge on any atom is 0.322 e. The van der Waals surface area contributed by atoms with Crippen LogP contribution in [0.1, 0.15) is 31.2 Å². The zero-order valence-corrected chi connectivity index (χ0v) is 12.1. The van der Waals surface area contributed by atoms with Gasteiger partial charge in [-0.2, -0.15) is 0 Å². The van der Waals surface area contributed by atoms with E-state index in [2.05, 4.69) is 29.2 Å². The second kappa shape index (κ2) is 7.41. The quantitative estimate of drug-likeness (QED) is 0.835. The smallest absolute Gasteiger partial charge is 0.322 e. The van der Waals surface area contributed by atoms with Crippen LogP contribution in [0.3, 0.4) is 0 Å². The van der Waals surface area contributed by atoms with Crippen molar-refractivity contribution in [2.24, 2.45) is 5.73 Å². The van der Waals surface area contributed by atoms with Gasteiger partial charge in [-0.05, 0) is 31.4 Å². The molecule has 0 aliphatic carbocycles. The van der Waals surface area contributed by atoms with Gasteiger partial charge in [0.25, 0.3) is 0 Å². The highest BCUT2D eigenvalue weighted by atomic mass is 16.5. The Morgan fingerprint density at radius 3 is 2.85 bits per heavy atom. The van der Waals surface area contributed by atoms with Crippen molar-refractivity contribution in [3.05, 3.63) is 35.9 Å². The summed E-state index contributed by atoms with van der Waals surface area (Å²) in [5.41, 5.74) is 7.22. The van der Waals surface area contributed by atoms with Crippen LogP contribution >= 0.6 is 0 Å². The van der Waals surface area contributed by atoms with Gasteiger partial charge in [0.15, 0.2) is 0 Å². The largest absolute Gasteiger partial charge is 0.468 e. The summed E-state index contributed by atoms with van der Waals surface area (Å²) in [6, 6.07) is 10.3. The van der Waals surface area contributed by atoms with E-state index >= 15 is 0 Å². The summed E-state index contributed by atoms with van der Waals surface area (Å²) in [5.74, 6) is -0.310. The summed E-state index contributed by atoms with van der Waals surface area (Å²) in [5, 5.41) is 0. The van der Waals surface area contributed by atoms with Crippen molar-refractivity contribution in [2.45, 2.75) is 44.3 Å². The van der Waals surface area contributed by atoms with Gasteiger partial charge in [-0.15, -0.1) is 0 Å². The second-order valence-corrected chi connectivity index (χ2v) is 5.47. The van der Waals surface area contributed by atoms with Gasteiger partial charge >= 0.3 is 5.97 Å². The van der Waals surface area contributed by atoms with Crippen LogP contribution in [0.4, 0.5) is 0 Å². The molecule has 1 aromatic carbocycles. The van der Waals surface area contributed by atoms with E-state index in [1.807, 2.05) is 6.07 Å². The van der Waals surface area contributed by atoms with Gasteiger partial charge < -0.3 is 10.5 Å². The van der Waals surface area contributed by atoms with Crippen molar-refractivity contribution < 1.29 is 9.53 Å². The lowest BCUT2D eigenvalue weighted by Crippen LogP contribution is -2.44. The lowest BCUT2D eigenvalue weighted by atomic mass is 9.95. The molecule has 2 unspecified atom stereocenters. The number of carbonyl (C=O) groups is 1. The van der Waals surface area contributed by atoms with Gasteiger partial charge in [-0.25, -0.2) is 0 Å². The number of nitrogens with zero attached hydrogens (tertiary/aromatic N) is 1. The van der Waals surface area contributed by atoms with Gasteiger partial charge in [0.05, 0.1) is 7.11 Å². The number of nitrogens with two attached hydrogens (primary N) is 1. The van der Waals surface area contributed by atoms with Crippen LogP contribution in [-0.4, -0.2) is 36.6 Å². The van der Waals surface area contributed by atoms with Gasteiger partial charge in [0, 0.05) is 12.6 Å². The standard InChI is InChI=1S/C16H24N2O2/c1-20-16(19)15(17)11-14-9-5-6-10-18(14)12-13-7-3-2-4-8-13/h2-4,7-8,14-15H,5-6,9-12,17H2,1H3. The lowest BCUT2D eigenvalue weighted by molar-refractivity contribution is -0.142. The summed E-state index contributed by atoms with van der Waals surface area (Å²) >= 11 is 0. The number of esters is 1. The number of likely N-dealkylation sites (tertiary alicyclic amines) is 1. The molecule has 0 saturated carbocycles. The predicted octanol–water partition coefficient (Wildman–Crippen LogP) is 1.93. The molecular weight excluding hydrogens is 252 g/mol. The van der Waals surface area contributed by atoms with E-state index in [1.165, 1.54) is 25.5 Å². The Morgan fingerprint density at radius 2 is 2.15 bits per heavy atom. The average molecular weight is 276 g/mol. The average Bonchev–Trinajstić information content (AvgIpc) is 2.49. The summed E-state index contributed by atoms with van der Waals surface area (Å²) in [7, 11) is 1.39. The Hall–Kier alpha value is -1.39. The zero-order chi connectivity index (χ0) is 14.4. The van der Waals surface area contributed by atoms with Crippen molar-refractivity contribution in [2.75, 3.05) is 13.7 Å². The third-order valence-corrected chi connectivity index (χ3v) is 4.01. The molecule has 1 saturated heterocycles. The molecular formula is C16H24N2O2. The first-order chi connectivity index (χ1) is 9.70. The number of hydrogen-bond donors (Lipinski definition) is 1. The molecule has 2 atom stereocenters. The van der Waals surface area contributed by atoms with E-state index in [4.69, 9.17) is 10.5 Å². The van der Waals surface area contributed by atoms with E-state index < -0.39 is 6.04 Å². The molecule has 1 fully saturated rings. The van der Waals surface area contributed by atoms with Gasteiger partial charge in [-0.1, -0.05) is 36.8 Å². The fraction of sp³-hybridized carbons (Fsp3) is 0.562. The predicted molar refractivity (Wildman–Crippen MR) is 79.1 cm³/mol.